The summed E-state index contributed by atoms with van der Waals surface area (Å²) in [4.78, 5) is 13.0. The molecule has 1 saturated heterocycles. The third-order valence-electron chi connectivity index (χ3n) is 5.55. The Morgan fingerprint density at radius 1 is 1.10 bits per heavy atom. The van der Waals surface area contributed by atoms with E-state index in [1.165, 1.54) is 24.3 Å². The number of allylic oxidation sites excluding steroid dienone is 2. The van der Waals surface area contributed by atoms with Crippen LogP contribution in [0.1, 0.15) is 30.4 Å². The molecule has 164 valence electrons. The standard InChI is InChI=1S/C21H21F6NO2/c22-20(23,24)16-5-1-13(2-6-16)11-28-12-14(10-19(29)30)9-18(28)15-3-7-17(8-4-15)21(25,26)27/h1-7,14,17-18H,8-12H2,(H,29,30)/t14-,17?,18+/m0/s1. The number of benzene rings is 1. The number of alkyl halides is 6. The maximum absolute atomic E-state index is 12.9. The zero-order valence-electron chi connectivity index (χ0n) is 15.9. The summed E-state index contributed by atoms with van der Waals surface area (Å²) in [6.07, 6.45) is -4.43. The minimum absolute atomic E-state index is 0.0673. The molecule has 3 rings (SSSR count). The molecule has 0 spiro atoms. The fraction of sp³-hybridized carbons (Fsp3) is 0.476. The number of carbonyl (C=O) groups is 1. The lowest BCUT2D eigenvalue weighted by Crippen LogP contribution is -2.31. The topological polar surface area (TPSA) is 40.5 Å². The Bertz CT molecular complexity index is 825. The smallest absolute Gasteiger partial charge is 0.416 e. The lowest BCUT2D eigenvalue weighted by molar-refractivity contribution is -0.160. The summed E-state index contributed by atoms with van der Waals surface area (Å²) in [5.41, 5.74) is 0.553. The van der Waals surface area contributed by atoms with E-state index in [4.69, 9.17) is 5.11 Å². The van der Waals surface area contributed by atoms with Crippen LogP contribution < -0.4 is 0 Å². The number of carboxylic acid groups (broad SMARTS) is 1. The van der Waals surface area contributed by atoms with E-state index in [-0.39, 0.29) is 31.3 Å². The van der Waals surface area contributed by atoms with Crippen molar-refractivity contribution < 1.29 is 36.2 Å². The third kappa shape index (κ3) is 5.44. The molecule has 1 unspecified atom stereocenters. The summed E-state index contributed by atoms with van der Waals surface area (Å²) in [7, 11) is 0. The zero-order chi connectivity index (χ0) is 22.1. The first kappa shape index (κ1) is 22.4. The fourth-order valence-corrected chi connectivity index (χ4v) is 4.08. The predicted molar refractivity (Wildman–Crippen MR) is 97.4 cm³/mol. The lowest BCUT2D eigenvalue weighted by atomic mass is 9.90. The number of halogens is 6. The molecule has 1 aliphatic carbocycles. The van der Waals surface area contributed by atoms with Gasteiger partial charge in [-0.15, -0.1) is 0 Å². The van der Waals surface area contributed by atoms with Crippen molar-refractivity contribution in [3.63, 3.8) is 0 Å². The molecule has 1 heterocycles. The van der Waals surface area contributed by atoms with Crippen molar-refractivity contribution in [2.45, 2.75) is 44.2 Å². The molecule has 1 aromatic rings. The maximum atomic E-state index is 12.9. The van der Waals surface area contributed by atoms with Crippen molar-refractivity contribution in [1.82, 2.24) is 4.90 Å². The summed E-state index contributed by atoms with van der Waals surface area (Å²) >= 11 is 0. The highest BCUT2D eigenvalue weighted by atomic mass is 19.4. The second-order valence-corrected chi connectivity index (χ2v) is 7.79. The van der Waals surface area contributed by atoms with Crippen LogP contribution in [0.3, 0.4) is 0 Å². The van der Waals surface area contributed by atoms with Crippen LogP contribution >= 0.6 is 0 Å². The van der Waals surface area contributed by atoms with E-state index < -0.39 is 29.8 Å². The number of aliphatic carboxylic acids is 1. The summed E-state index contributed by atoms with van der Waals surface area (Å²) in [6.45, 7) is 0.693. The molecule has 2 aliphatic rings. The van der Waals surface area contributed by atoms with Crippen LogP contribution in [0.2, 0.25) is 0 Å². The zero-order valence-corrected chi connectivity index (χ0v) is 15.9. The van der Waals surface area contributed by atoms with Crippen LogP contribution in [0.25, 0.3) is 0 Å². The normalized spacial score (nSPS) is 25.4. The van der Waals surface area contributed by atoms with Crippen molar-refractivity contribution >= 4 is 5.97 Å². The molecule has 1 N–H and O–H groups in total. The third-order valence-corrected chi connectivity index (χ3v) is 5.55. The van der Waals surface area contributed by atoms with Crippen LogP contribution in [0.5, 0.6) is 0 Å². The van der Waals surface area contributed by atoms with E-state index in [1.54, 1.807) is 0 Å². The van der Waals surface area contributed by atoms with E-state index in [9.17, 15) is 31.1 Å². The van der Waals surface area contributed by atoms with E-state index in [0.29, 0.717) is 24.1 Å². The molecule has 0 saturated carbocycles. The summed E-state index contributed by atoms with van der Waals surface area (Å²) in [5.74, 6) is -2.68. The van der Waals surface area contributed by atoms with Gasteiger partial charge in [0.05, 0.1) is 11.5 Å². The molecule has 9 heteroatoms. The van der Waals surface area contributed by atoms with Gasteiger partial charge in [0.1, 0.15) is 0 Å². The van der Waals surface area contributed by atoms with E-state index in [0.717, 1.165) is 18.2 Å². The molecule has 0 aromatic heterocycles. The van der Waals surface area contributed by atoms with Crippen LogP contribution in [-0.2, 0) is 17.5 Å². The van der Waals surface area contributed by atoms with Gasteiger partial charge in [-0.2, -0.15) is 26.3 Å². The molecule has 0 radical (unpaired) electrons. The van der Waals surface area contributed by atoms with Gasteiger partial charge in [-0.25, -0.2) is 0 Å². The molecule has 1 aromatic carbocycles. The molecule has 0 amide bonds. The van der Waals surface area contributed by atoms with Crippen molar-refractivity contribution in [3.05, 3.63) is 59.2 Å². The van der Waals surface area contributed by atoms with Crippen molar-refractivity contribution in [2.75, 3.05) is 6.54 Å². The van der Waals surface area contributed by atoms with Crippen LogP contribution in [0.4, 0.5) is 26.3 Å². The number of carboxylic acids is 1. The molecular weight excluding hydrogens is 412 g/mol. The number of likely N-dealkylation sites (tertiary alicyclic amines) is 1. The minimum Gasteiger partial charge on any atom is -0.481 e. The minimum atomic E-state index is -4.44. The van der Waals surface area contributed by atoms with Crippen molar-refractivity contribution in [3.8, 4) is 0 Å². The predicted octanol–water partition coefficient (Wildman–Crippen LogP) is 5.44. The molecule has 3 nitrogen and oxygen atoms in total. The Balaban J connectivity index is 1.76. The summed E-state index contributed by atoms with van der Waals surface area (Å²) in [6, 6.07) is 4.44. The van der Waals surface area contributed by atoms with Gasteiger partial charge in [-0.05, 0) is 42.0 Å². The Hall–Kier alpha value is -2.29. The highest BCUT2D eigenvalue weighted by Gasteiger charge is 2.40. The molecule has 30 heavy (non-hydrogen) atoms. The van der Waals surface area contributed by atoms with Gasteiger partial charge in [-0.3, -0.25) is 9.69 Å². The van der Waals surface area contributed by atoms with Crippen molar-refractivity contribution in [1.29, 1.82) is 0 Å². The Morgan fingerprint density at radius 2 is 1.77 bits per heavy atom. The van der Waals surface area contributed by atoms with Crippen LogP contribution in [0, 0.1) is 11.8 Å². The largest absolute Gasteiger partial charge is 0.481 e. The monoisotopic (exact) mass is 433 g/mol. The maximum Gasteiger partial charge on any atom is 0.416 e. The van der Waals surface area contributed by atoms with Crippen molar-refractivity contribution in [2.24, 2.45) is 11.8 Å². The van der Waals surface area contributed by atoms with E-state index >= 15 is 0 Å². The Labute approximate surface area is 169 Å². The average molecular weight is 433 g/mol. The van der Waals surface area contributed by atoms with Gasteiger partial charge >= 0.3 is 18.3 Å². The number of hydrogen-bond donors (Lipinski definition) is 1. The van der Waals surface area contributed by atoms with Gasteiger partial charge in [-0.1, -0.05) is 30.4 Å². The summed E-state index contributed by atoms with van der Waals surface area (Å²) < 4.78 is 77.0. The molecular formula is C21H21F6NO2. The highest BCUT2D eigenvalue weighted by molar-refractivity contribution is 5.67. The second kappa shape index (κ2) is 8.45. The van der Waals surface area contributed by atoms with Gasteiger partial charge in [0, 0.05) is 25.6 Å². The number of hydrogen-bond acceptors (Lipinski definition) is 2. The number of nitrogens with zero attached hydrogens (tertiary/aromatic N) is 1. The summed E-state index contributed by atoms with van der Waals surface area (Å²) in [5, 5.41) is 9.10. The van der Waals surface area contributed by atoms with Gasteiger partial charge < -0.3 is 5.11 Å². The Kier molecular flexibility index (Phi) is 6.31. The van der Waals surface area contributed by atoms with Gasteiger partial charge in [0.25, 0.3) is 0 Å². The first-order chi connectivity index (χ1) is 13.9. The van der Waals surface area contributed by atoms with Crippen LogP contribution in [-0.4, -0.2) is 34.7 Å². The van der Waals surface area contributed by atoms with E-state index in [1.807, 2.05) is 4.90 Å². The van der Waals surface area contributed by atoms with Crippen LogP contribution in [0.15, 0.2) is 48.1 Å². The number of rotatable bonds is 5. The van der Waals surface area contributed by atoms with Gasteiger partial charge in [0.15, 0.2) is 0 Å². The highest BCUT2D eigenvalue weighted by Crippen LogP contribution is 2.38. The lowest BCUT2D eigenvalue weighted by Gasteiger charge is -2.28. The second-order valence-electron chi connectivity index (χ2n) is 7.79. The SMILES string of the molecule is O=C(O)C[C@@H]1C[C@H](C2=CCC(C(F)(F)F)C=C2)N(Cc2ccc(C(F)(F)F)cc2)C1. The quantitative estimate of drug-likeness (QED) is 0.629. The first-order valence-electron chi connectivity index (χ1n) is 9.50. The first-order valence-corrected chi connectivity index (χ1v) is 9.50. The molecule has 0 bridgehead atoms. The molecule has 3 atom stereocenters. The average Bonchev–Trinajstić information content (AvgIpc) is 3.02. The van der Waals surface area contributed by atoms with Gasteiger partial charge in [0.2, 0.25) is 0 Å². The molecule has 1 fully saturated rings. The fourth-order valence-electron chi connectivity index (χ4n) is 4.08. The molecule has 1 aliphatic heterocycles. The Morgan fingerprint density at radius 3 is 2.27 bits per heavy atom. The van der Waals surface area contributed by atoms with E-state index in [2.05, 4.69) is 0 Å².